The number of aryl methyl sites for hydroxylation is 1. The Morgan fingerprint density at radius 3 is 1.55 bits per heavy atom. The molecule has 0 aliphatic heterocycles. The summed E-state index contributed by atoms with van der Waals surface area (Å²) in [6, 6.07) is 26.1. The van der Waals surface area contributed by atoms with Gasteiger partial charge in [-0.2, -0.15) is 4.98 Å². The highest BCUT2D eigenvalue weighted by Crippen LogP contribution is 2.66. The minimum absolute atomic E-state index is 0.153. The van der Waals surface area contributed by atoms with Gasteiger partial charge in [0.15, 0.2) is 0 Å². The zero-order valence-electron chi connectivity index (χ0n) is 24.1. The highest BCUT2D eigenvalue weighted by atomic mass is 15.1. The van der Waals surface area contributed by atoms with Crippen LogP contribution in [0, 0.1) is 0 Å². The SMILES string of the molecule is CCCc1nc(NCC)cc(C2[C@@H](c3ccccc3)C(c3cc(NCC)nc(NCC)n3)[C@@H]2c2ccccc2)n1. The van der Waals surface area contributed by atoms with Gasteiger partial charge < -0.3 is 16.0 Å². The van der Waals surface area contributed by atoms with E-state index in [4.69, 9.17) is 19.9 Å². The molecule has 208 valence electrons. The lowest BCUT2D eigenvalue weighted by Crippen LogP contribution is -2.41. The van der Waals surface area contributed by atoms with Gasteiger partial charge in [-0.05, 0) is 38.3 Å². The smallest absolute Gasteiger partial charge is 0.224 e. The quantitative estimate of drug-likeness (QED) is 0.181. The molecule has 7 heteroatoms. The van der Waals surface area contributed by atoms with Crippen LogP contribution in [-0.2, 0) is 6.42 Å². The summed E-state index contributed by atoms with van der Waals surface area (Å²) in [4.78, 5) is 19.8. The Labute approximate surface area is 238 Å². The number of benzene rings is 2. The molecule has 3 N–H and O–H groups in total. The van der Waals surface area contributed by atoms with Crippen LogP contribution in [0.2, 0.25) is 0 Å². The summed E-state index contributed by atoms with van der Waals surface area (Å²) in [5, 5.41) is 10.2. The van der Waals surface area contributed by atoms with Crippen LogP contribution < -0.4 is 16.0 Å². The molecule has 0 amide bonds. The second-order valence-corrected chi connectivity index (χ2v) is 10.4. The summed E-state index contributed by atoms with van der Waals surface area (Å²) in [5.41, 5.74) is 4.76. The van der Waals surface area contributed by atoms with Gasteiger partial charge in [-0.1, -0.05) is 67.6 Å². The van der Waals surface area contributed by atoms with Gasteiger partial charge >= 0.3 is 0 Å². The summed E-state index contributed by atoms with van der Waals surface area (Å²) >= 11 is 0. The molecule has 2 aromatic heterocycles. The minimum Gasteiger partial charge on any atom is -0.370 e. The zero-order chi connectivity index (χ0) is 27.9. The van der Waals surface area contributed by atoms with Gasteiger partial charge in [-0.3, -0.25) is 0 Å². The predicted molar refractivity (Wildman–Crippen MR) is 164 cm³/mol. The monoisotopic (exact) mass is 535 g/mol. The van der Waals surface area contributed by atoms with E-state index >= 15 is 0 Å². The lowest BCUT2D eigenvalue weighted by molar-refractivity contribution is 0.219. The number of aromatic nitrogens is 4. The van der Waals surface area contributed by atoms with Gasteiger partial charge in [0.05, 0.1) is 11.4 Å². The maximum Gasteiger partial charge on any atom is 0.224 e. The molecule has 7 nitrogen and oxygen atoms in total. The Hall–Kier alpha value is -4.00. The Balaban J connectivity index is 1.70. The van der Waals surface area contributed by atoms with Crippen LogP contribution in [0.3, 0.4) is 0 Å². The number of hydrogen-bond acceptors (Lipinski definition) is 7. The summed E-state index contributed by atoms with van der Waals surface area (Å²) in [6.07, 6.45) is 1.87. The summed E-state index contributed by atoms with van der Waals surface area (Å²) < 4.78 is 0. The van der Waals surface area contributed by atoms with Crippen molar-refractivity contribution >= 4 is 17.6 Å². The van der Waals surface area contributed by atoms with Crippen LogP contribution in [0.25, 0.3) is 0 Å². The minimum atomic E-state index is 0.153. The van der Waals surface area contributed by atoms with Crippen molar-refractivity contribution in [3.8, 4) is 0 Å². The van der Waals surface area contributed by atoms with E-state index in [1.54, 1.807) is 0 Å². The van der Waals surface area contributed by atoms with Gasteiger partial charge in [-0.25, -0.2) is 15.0 Å². The molecule has 0 unspecified atom stereocenters. The van der Waals surface area contributed by atoms with E-state index in [-0.39, 0.29) is 23.7 Å². The fraction of sp³-hybridized carbons (Fsp3) is 0.394. The van der Waals surface area contributed by atoms with E-state index in [1.807, 2.05) is 0 Å². The Morgan fingerprint density at radius 2 is 1.05 bits per heavy atom. The van der Waals surface area contributed by atoms with E-state index in [9.17, 15) is 0 Å². The van der Waals surface area contributed by atoms with Gasteiger partial charge in [0.25, 0.3) is 0 Å². The molecular formula is C33H41N7. The van der Waals surface area contributed by atoms with E-state index in [0.717, 1.165) is 61.3 Å². The first-order chi connectivity index (χ1) is 19.7. The predicted octanol–water partition coefficient (Wildman–Crippen LogP) is 6.96. The van der Waals surface area contributed by atoms with Crippen molar-refractivity contribution in [1.82, 2.24) is 19.9 Å². The topological polar surface area (TPSA) is 87.7 Å². The summed E-state index contributed by atoms with van der Waals surface area (Å²) in [5.74, 6) is 4.05. The fourth-order valence-corrected chi connectivity index (χ4v) is 6.10. The molecule has 2 heterocycles. The van der Waals surface area contributed by atoms with Crippen LogP contribution in [0.4, 0.5) is 17.6 Å². The lowest BCUT2D eigenvalue weighted by Gasteiger charge is -2.52. The first-order valence-electron chi connectivity index (χ1n) is 14.7. The van der Waals surface area contributed by atoms with E-state index < -0.39 is 0 Å². The third kappa shape index (κ3) is 5.79. The van der Waals surface area contributed by atoms with Crippen molar-refractivity contribution in [3.63, 3.8) is 0 Å². The van der Waals surface area contributed by atoms with Crippen molar-refractivity contribution in [1.29, 1.82) is 0 Å². The van der Waals surface area contributed by atoms with Crippen LogP contribution in [-0.4, -0.2) is 39.6 Å². The molecule has 2 aromatic carbocycles. The first kappa shape index (κ1) is 27.6. The molecular weight excluding hydrogens is 494 g/mol. The third-order valence-electron chi connectivity index (χ3n) is 7.66. The normalized spacial score (nSPS) is 20.0. The van der Waals surface area contributed by atoms with Crippen LogP contribution in [0.1, 0.15) is 86.1 Å². The average molecular weight is 536 g/mol. The summed E-state index contributed by atoms with van der Waals surface area (Å²) in [7, 11) is 0. The van der Waals surface area contributed by atoms with Crippen molar-refractivity contribution in [2.24, 2.45) is 0 Å². The molecule has 0 bridgehead atoms. The standard InChI is InChI=1S/C33H41N7/c1-5-15-26-37-24(20-27(39-26)34-6-2)31-29(22-16-11-9-12-17-22)32(30(31)23-18-13-10-14-19-23)25-21-28(35-7-3)40-33(38-25)36-8-4/h9-14,16-21,29-32H,5-8,15H2,1-4H3,(H,34,37,39)(H2,35,36,38,40)/t29-,30-,31?,32?/m1/s1. The van der Waals surface area contributed by atoms with Gasteiger partial charge in [0, 0.05) is 61.9 Å². The highest BCUT2D eigenvalue weighted by Gasteiger charge is 2.54. The van der Waals surface area contributed by atoms with Crippen LogP contribution in [0.15, 0.2) is 72.8 Å². The Morgan fingerprint density at radius 1 is 0.550 bits per heavy atom. The molecule has 0 radical (unpaired) electrons. The average Bonchev–Trinajstić information content (AvgIpc) is 2.94. The fourth-order valence-electron chi connectivity index (χ4n) is 6.10. The van der Waals surface area contributed by atoms with Gasteiger partial charge in [0.1, 0.15) is 17.5 Å². The lowest BCUT2D eigenvalue weighted by atomic mass is 9.50. The molecule has 1 saturated carbocycles. The second-order valence-electron chi connectivity index (χ2n) is 10.4. The number of anilines is 3. The molecule has 0 saturated heterocycles. The summed E-state index contributed by atoms with van der Waals surface area (Å²) in [6.45, 7) is 10.8. The van der Waals surface area contributed by atoms with Crippen molar-refractivity contribution in [2.75, 3.05) is 35.6 Å². The number of nitrogens with one attached hydrogen (secondary N) is 3. The van der Waals surface area contributed by atoms with Crippen LogP contribution >= 0.6 is 0 Å². The van der Waals surface area contributed by atoms with Crippen LogP contribution in [0.5, 0.6) is 0 Å². The van der Waals surface area contributed by atoms with Crippen molar-refractivity contribution in [2.45, 2.75) is 64.2 Å². The molecule has 5 rings (SSSR count). The zero-order valence-corrected chi connectivity index (χ0v) is 24.1. The molecule has 4 aromatic rings. The highest BCUT2D eigenvalue weighted by molar-refractivity contribution is 5.51. The molecule has 1 aliphatic carbocycles. The van der Waals surface area contributed by atoms with Gasteiger partial charge in [0.2, 0.25) is 5.95 Å². The van der Waals surface area contributed by atoms with Crippen molar-refractivity contribution in [3.05, 3.63) is 101 Å². The maximum absolute atomic E-state index is 5.19. The van der Waals surface area contributed by atoms with E-state index in [2.05, 4.69) is 116 Å². The molecule has 2 atom stereocenters. The third-order valence-corrected chi connectivity index (χ3v) is 7.66. The number of nitrogens with zero attached hydrogens (tertiary/aromatic N) is 4. The number of hydrogen-bond donors (Lipinski definition) is 3. The molecule has 1 fully saturated rings. The van der Waals surface area contributed by atoms with E-state index in [0.29, 0.717) is 5.95 Å². The maximum atomic E-state index is 5.19. The Kier molecular flexibility index (Phi) is 8.89. The van der Waals surface area contributed by atoms with Gasteiger partial charge in [-0.15, -0.1) is 0 Å². The molecule has 1 aliphatic rings. The first-order valence-corrected chi connectivity index (χ1v) is 14.7. The second kappa shape index (κ2) is 12.9. The van der Waals surface area contributed by atoms with E-state index in [1.165, 1.54) is 11.1 Å². The van der Waals surface area contributed by atoms with Crippen molar-refractivity contribution < 1.29 is 0 Å². The largest absolute Gasteiger partial charge is 0.370 e. The Bertz CT molecular complexity index is 1210. The number of rotatable bonds is 12. The molecule has 40 heavy (non-hydrogen) atoms. The molecule has 0 spiro atoms.